The van der Waals surface area contributed by atoms with Gasteiger partial charge in [-0.15, -0.1) is 0 Å². The molecule has 1 aromatic heterocycles. The Morgan fingerprint density at radius 3 is 2.93 bits per heavy atom. The molecule has 1 aliphatic carbocycles. The fourth-order valence-electron chi connectivity index (χ4n) is 2.18. The average Bonchev–Trinajstić information content (AvgIpc) is 2.43. The zero-order valence-electron chi connectivity index (χ0n) is 7.70. The van der Waals surface area contributed by atoms with Crippen molar-refractivity contribution in [2.75, 3.05) is 6.54 Å². The second-order valence-electron chi connectivity index (χ2n) is 3.97. The largest absolute Gasteiger partial charge is 0.312 e. The van der Waals surface area contributed by atoms with Crippen LogP contribution in [0, 0.1) is 5.92 Å². The molecule has 0 unspecified atom stereocenters. The van der Waals surface area contributed by atoms with Gasteiger partial charge in [-0.2, -0.15) is 0 Å². The lowest BCUT2D eigenvalue weighted by Gasteiger charge is -2.31. The van der Waals surface area contributed by atoms with Crippen molar-refractivity contribution in [3.63, 3.8) is 0 Å². The lowest BCUT2D eigenvalue weighted by molar-refractivity contribution is 0.306. The van der Waals surface area contributed by atoms with Crippen LogP contribution in [-0.4, -0.2) is 17.6 Å². The molecule has 2 aliphatic rings. The second kappa shape index (κ2) is 3.07. The number of rotatable bonds is 1. The van der Waals surface area contributed by atoms with Crippen LogP contribution in [0.4, 0.5) is 0 Å². The third kappa shape index (κ3) is 1.26. The molecule has 14 heavy (non-hydrogen) atoms. The van der Waals surface area contributed by atoms with Gasteiger partial charge in [0.15, 0.2) is 0 Å². The quantitative estimate of drug-likeness (QED) is 0.762. The van der Waals surface area contributed by atoms with Gasteiger partial charge in [-0.1, -0.05) is 17.7 Å². The molecule has 2 atom stereocenters. The Morgan fingerprint density at radius 1 is 1.43 bits per heavy atom. The number of aromatic nitrogens is 1. The highest BCUT2D eigenvalue weighted by Gasteiger charge is 2.34. The van der Waals surface area contributed by atoms with Crippen molar-refractivity contribution in [3.05, 3.63) is 35.1 Å². The topological polar surface area (TPSA) is 24.9 Å². The molecule has 1 aromatic rings. The Kier molecular flexibility index (Phi) is 1.85. The van der Waals surface area contributed by atoms with Crippen molar-refractivity contribution < 1.29 is 0 Å². The van der Waals surface area contributed by atoms with Gasteiger partial charge in [-0.3, -0.25) is 4.98 Å². The van der Waals surface area contributed by atoms with Crippen LogP contribution < -0.4 is 5.32 Å². The number of nitrogens with one attached hydrogen (secondary N) is 1. The van der Waals surface area contributed by atoms with Crippen LogP contribution in [-0.2, 0) is 0 Å². The maximum atomic E-state index is 5.91. The number of hydrogen-bond acceptors (Lipinski definition) is 2. The van der Waals surface area contributed by atoms with E-state index in [0.717, 1.165) is 23.9 Å². The molecule has 3 rings (SSSR count). The van der Waals surface area contributed by atoms with Gasteiger partial charge in [0, 0.05) is 30.9 Å². The summed E-state index contributed by atoms with van der Waals surface area (Å²) in [5.41, 5.74) is 2.56. The number of halogens is 1. The average molecular weight is 207 g/mol. The first kappa shape index (κ1) is 8.45. The van der Waals surface area contributed by atoms with Crippen molar-refractivity contribution in [2.24, 2.45) is 5.92 Å². The summed E-state index contributed by atoms with van der Waals surface area (Å²) in [6.45, 7) is 1.13. The van der Waals surface area contributed by atoms with Gasteiger partial charge in [-0.05, 0) is 23.6 Å². The molecule has 2 heterocycles. The summed E-state index contributed by atoms with van der Waals surface area (Å²) in [7, 11) is 0. The molecule has 0 bridgehead atoms. The first-order valence-electron chi connectivity index (χ1n) is 4.88. The highest BCUT2D eigenvalue weighted by Crippen LogP contribution is 2.36. The lowest BCUT2D eigenvalue weighted by Crippen LogP contribution is -2.49. The fraction of sp³-hybridized carbons (Fsp3) is 0.364. The van der Waals surface area contributed by atoms with E-state index in [-0.39, 0.29) is 0 Å². The van der Waals surface area contributed by atoms with E-state index >= 15 is 0 Å². The molecule has 72 valence electrons. The second-order valence-corrected chi connectivity index (χ2v) is 4.40. The van der Waals surface area contributed by atoms with E-state index in [2.05, 4.69) is 16.4 Å². The van der Waals surface area contributed by atoms with Gasteiger partial charge in [0.2, 0.25) is 0 Å². The lowest BCUT2D eigenvalue weighted by atomic mass is 9.95. The van der Waals surface area contributed by atoms with E-state index in [9.17, 15) is 0 Å². The molecule has 3 heteroatoms. The van der Waals surface area contributed by atoms with Crippen molar-refractivity contribution in [3.8, 4) is 0 Å². The van der Waals surface area contributed by atoms with Gasteiger partial charge >= 0.3 is 0 Å². The molecule has 0 radical (unpaired) electrons. The van der Waals surface area contributed by atoms with Crippen LogP contribution >= 0.6 is 11.6 Å². The maximum absolute atomic E-state index is 5.91. The van der Waals surface area contributed by atoms with Crippen LogP contribution in [0.1, 0.15) is 12.0 Å². The monoisotopic (exact) mass is 206 g/mol. The van der Waals surface area contributed by atoms with Crippen LogP contribution in [0.5, 0.6) is 0 Å². The van der Waals surface area contributed by atoms with E-state index in [1.165, 1.54) is 11.1 Å². The van der Waals surface area contributed by atoms with Crippen LogP contribution in [0.15, 0.2) is 24.5 Å². The van der Waals surface area contributed by atoms with Crippen molar-refractivity contribution in [1.29, 1.82) is 0 Å². The SMILES string of the molecule is Clc1cncc(C2=C[C@@H]3CN[C@@H]3C2)c1. The molecular formula is C11H11ClN2. The standard InChI is InChI=1S/C11H11ClN2/c12-10-2-8(4-13-6-10)7-1-9-5-14-11(9)3-7/h1-2,4,6,9,11,14H,3,5H2/t9-,11-/m1/s1. The summed E-state index contributed by atoms with van der Waals surface area (Å²) in [4.78, 5) is 4.11. The third-order valence-corrected chi connectivity index (χ3v) is 3.27. The predicted molar refractivity (Wildman–Crippen MR) is 57.1 cm³/mol. The predicted octanol–water partition coefficient (Wildman–Crippen LogP) is 2.11. The van der Waals surface area contributed by atoms with Crippen molar-refractivity contribution in [2.45, 2.75) is 12.5 Å². The number of nitrogens with zero attached hydrogens (tertiary/aromatic N) is 1. The summed E-state index contributed by atoms with van der Waals surface area (Å²) in [6.07, 6.45) is 7.04. The van der Waals surface area contributed by atoms with E-state index in [4.69, 9.17) is 11.6 Å². The molecule has 1 fully saturated rings. The Hall–Kier alpha value is -0.860. The summed E-state index contributed by atoms with van der Waals surface area (Å²) >= 11 is 5.91. The zero-order chi connectivity index (χ0) is 9.54. The van der Waals surface area contributed by atoms with E-state index in [0.29, 0.717) is 6.04 Å². The van der Waals surface area contributed by atoms with Crippen molar-refractivity contribution >= 4 is 17.2 Å². The molecule has 1 saturated heterocycles. The van der Waals surface area contributed by atoms with Gasteiger partial charge in [0.25, 0.3) is 0 Å². The number of hydrogen-bond donors (Lipinski definition) is 1. The smallest absolute Gasteiger partial charge is 0.0595 e. The van der Waals surface area contributed by atoms with Crippen LogP contribution in [0.2, 0.25) is 5.02 Å². The summed E-state index contributed by atoms with van der Waals surface area (Å²) < 4.78 is 0. The Labute approximate surface area is 88.0 Å². The Bertz CT molecular complexity index is 400. The molecular weight excluding hydrogens is 196 g/mol. The van der Waals surface area contributed by atoms with Gasteiger partial charge in [-0.25, -0.2) is 0 Å². The van der Waals surface area contributed by atoms with Crippen LogP contribution in [0.25, 0.3) is 5.57 Å². The molecule has 1 aliphatic heterocycles. The normalized spacial score (nSPS) is 29.4. The molecule has 0 aromatic carbocycles. The summed E-state index contributed by atoms with van der Waals surface area (Å²) in [6, 6.07) is 2.66. The highest BCUT2D eigenvalue weighted by atomic mass is 35.5. The Balaban J connectivity index is 1.92. The third-order valence-electron chi connectivity index (χ3n) is 3.06. The van der Waals surface area contributed by atoms with Crippen LogP contribution in [0.3, 0.4) is 0 Å². The Morgan fingerprint density at radius 2 is 2.36 bits per heavy atom. The van der Waals surface area contributed by atoms with Gasteiger partial charge in [0.05, 0.1) is 5.02 Å². The first-order valence-corrected chi connectivity index (χ1v) is 5.26. The first-order chi connectivity index (χ1) is 6.83. The van der Waals surface area contributed by atoms with Crippen molar-refractivity contribution in [1.82, 2.24) is 10.3 Å². The molecule has 0 saturated carbocycles. The summed E-state index contributed by atoms with van der Waals surface area (Å²) in [5, 5.41) is 4.13. The van der Waals surface area contributed by atoms with Gasteiger partial charge in [0.1, 0.15) is 0 Å². The molecule has 1 N–H and O–H groups in total. The highest BCUT2D eigenvalue weighted by molar-refractivity contribution is 6.30. The minimum atomic E-state index is 0.670. The minimum Gasteiger partial charge on any atom is -0.312 e. The fourth-order valence-corrected chi connectivity index (χ4v) is 2.36. The van der Waals surface area contributed by atoms with E-state index in [1.807, 2.05) is 12.3 Å². The number of pyridine rings is 1. The summed E-state index contributed by atoms with van der Waals surface area (Å²) in [5.74, 6) is 0.740. The number of fused-ring (bicyclic) bond motifs is 1. The minimum absolute atomic E-state index is 0.670. The maximum Gasteiger partial charge on any atom is 0.0595 e. The molecule has 0 spiro atoms. The molecule has 2 nitrogen and oxygen atoms in total. The van der Waals surface area contributed by atoms with Gasteiger partial charge < -0.3 is 5.32 Å². The molecule has 0 amide bonds. The zero-order valence-corrected chi connectivity index (χ0v) is 8.46. The van der Waals surface area contributed by atoms with E-state index in [1.54, 1.807) is 6.20 Å². The van der Waals surface area contributed by atoms with E-state index < -0.39 is 0 Å².